The van der Waals surface area contributed by atoms with Gasteiger partial charge >= 0.3 is 11.9 Å². The third-order valence-corrected chi connectivity index (χ3v) is 3.04. The average Bonchev–Trinajstić information content (AvgIpc) is 2.51. The first kappa shape index (κ1) is 15.8. The van der Waals surface area contributed by atoms with Crippen molar-refractivity contribution in [3.8, 4) is 11.1 Å². The normalized spacial score (nSPS) is 10.1. The van der Waals surface area contributed by atoms with Gasteiger partial charge in [-0.05, 0) is 40.5 Å². The first-order chi connectivity index (χ1) is 10.5. The average molecular weight is 298 g/mol. The number of carbonyl (C=O) groups is 2. The number of esters is 2. The fraction of sp³-hybridized carbons (Fsp3) is 0.222. The van der Waals surface area contributed by atoms with Crippen LogP contribution in [0.15, 0.2) is 48.5 Å². The monoisotopic (exact) mass is 298 g/mol. The van der Waals surface area contributed by atoms with Gasteiger partial charge in [0.15, 0.2) is 0 Å². The van der Waals surface area contributed by atoms with E-state index in [0.717, 1.165) is 22.3 Å². The maximum atomic E-state index is 11.0. The van der Waals surface area contributed by atoms with Crippen LogP contribution in [-0.4, -0.2) is 11.9 Å². The summed E-state index contributed by atoms with van der Waals surface area (Å²) in [5.74, 6) is -0.654. The maximum absolute atomic E-state index is 11.0. The number of carbonyl (C=O) groups excluding carboxylic acids is 2. The lowest BCUT2D eigenvalue weighted by atomic mass is 10.0. The second kappa shape index (κ2) is 7.41. The lowest BCUT2D eigenvalue weighted by molar-refractivity contribution is -0.142. The Bertz CT molecular complexity index is 626. The second-order valence-corrected chi connectivity index (χ2v) is 4.96. The molecule has 0 aliphatic heterocycles. The number of benzene rings is 2. The quantitative estimate of drug-likeness (QED) is 0.793. The Hall–Kier alpha value is -2.62. The van der Waals surface area contributed by atoms with Crippen LogP contribution in [0.1, 0.15) is 25.0 Å². The lowest BCUT2D eigenvalue weighted by Gasteiger charge is -2.10. The zero-order chi connectivity index (χ0) is 15.9. The molecule has 2 rings (SSSR count). The molecule has 0 aromatic heterocycles. The summed E-state index contributed by atoms with van der Waals surface area (Å²) in [6.45, 7) is 3.15. The van der Waals surface area contributed by atoms with Crippen LogP contribution in [0.4, 0.5) is 0 Å². The largest absolute Gasteiger partial charge is 0.461 e. The molecule has 4 nitrogen and oxygen atoms in total. The fourth-order valence-corrected chi connectivity index (χ4v) is 2.10. The minimum Gasteiger partial charge on any atom is -0.461 e. The van der Waals surface area contributed by atoms with Gasteiger partial charge in [-0.1, -0.05) is 30.3 Å². The zero-order valence-electron chi connectivity index (χ0n) is 12.7. The van der Waals surface area contributed by atoms with Crippen molar-refractivity contribution in [1.29, 1.82) is 0 Å². The van der Waals surface area contributed by atoms with E-state index in [4.69, 9.17) is 9.47 Å². The minimum absolute atomic E-state index is 0.197. The molecule has 114 valence electrons. The molecule has 0 fully saturated rings. The highest BCUT2D eigenvalue weighted by molar-refractivity contribution is 5.68. The van der Waals surface area contributed by atoms with E-state index in [2.05, 4.69) is 0 Å². The Morgan fingerprint density at radius 3 is 1.73 bits per heavy atom. The molecule has 2 aromatic rings. The molecular formula is C18H18O4. The van der Waals surface area contributed by atoms with Gasteiger partial charge in [-0.25, -0.2) is 0 Å². The predicted octanol–water partition coefficient (Wildman–Crippen LogP) is 3.48. The summed E-state index contributed by atoms with van der Waals surface area (Å²) < 4.78 is 10.1. The van der Waals surface area contributed by atoms with Gasteiger partial charge in [-0.15, -0.1) is 0 Å². The Balaban J connectivity index is 2.30. The highest BCUT2D eigenvalue weighted by Gasteiger charge is 2.06. The highest BCUT2D eigenvalue weighted by atomic mass is 16.5. The molecule has 0 bridgehead atoms. The van der Waals surface area contributed by atoms with Gasteiger partial charge in [0.25, 0.3) is 0 Å². The van der Waals surface area contributed by atoms with Crippen LogP contribution in [0.5, 0.6) is 0 Å². The van der Waals surface area contributed by atoms with Crippen molar-refractivity contribution in [3.05, 3.63) is 59.7 Å². The van der Waals surface area contributed by atoms with Crippen LogP contribution in [-0.2, 0) is 32.3 Å². The molecule has 0 aliphatic carbocycles. The van der Waals surface area contributed by atoms with Crippen LogP contribution < -0.4 is 0 Å². The molecule has 0 radical (unpaired) electrons. The van der Waals surface area contributed by atoms with Gasteiger partial charge in [0.1, 0.15) is 13.2 Å². The van der Waals surface area contributed by atoms with Crippen molar-refractivity contribution in [2.45, 2.75) is 27.1 Å². The van der Waals surface area contributed by atoms with Crippen molar-refractivity contribution in [1.82, 2.24) is 0 Å². The van der Waals surface area contributed by atoms with E-state index in [1.165, 1.54) is 13.8 Å². The van der Waals surface area contributed by atoms with Gasteiger partial charge in [-0.3, -0.25) is 9.59 Å². The number of hydrogen-bond donors (Lipinski definition) is 0. The van der Waals surface area contributed by atoms with E-state index in [1.54, 1.807) is 0 Å². The van der Waals surface area contributed by atoms with Gasteiger partial charge in [0.2, 0.25) is 0 Å². The summed E-state index contributed by atoms with van der Waals surface area (Å²) in [6, 6.07) is 15.7. The van der Waals surface area contributed by atoms with Gasteiger partial charge in [0.05, 0.1) is 0 Å². The van der Waals surface area contributed by atoms with Crippen molar-refractivity contribution in [2.75, 3.05) is 0 Å². The van der Waals surface area contributed by atoms with E-state index < -0.39 is 0 Å². The van der Waals surface area contributed by atoms with Gasteiger partial charge < -0.3 is 9.47 Å². The summed E-state index contributed by atoms with van der Waals surface area (Å²) in [6.07, 6.45) is 0. The SMILES string of the molecule is CC(=O)OCc1cc(COC(C)=O)cc(-c2ccccc2)c1. The minimum atomic E-state index is -0.327. The Labute approximate surface area is 129 Å². The van der Waals surface area contributed by atoms with E-state index in [1.807, 2.05) is 48.5 Å². The van der Waals surface area contributed by atoms with Crippen LogP contribution in [0.25, 0.3) is 11.1 Å². The van der Waals surface area contributed by atoms with E-state index in [-0.39, 0.29) is 25.2 Å². The molecule has 0 atom stereocenters. The summed E-state index contributed by atoms with van der Waals surface area (Å²) in [5, 5.41) is 0. The highest BCUT2D eigenvalue weighted by Crippen LogP contribution is 2.23. The molecule has 4 heteroatoms. The first-order valence-electron chi connectivity index (χ1n) is 6.99. The fourth-order valence-electron chi connectivity index (χ4n) is 2.10. The van der Waals surface area contributed by atoms with Crippen molar-refractivity contribution in [3.63, 3.8) is 0 Å². The topological polar surface area (TPSA) is 52.6 Å². The Morgan fingerprint density at radius 1 is 0.773 bits per heavy atom. The van der Waals surface area contributed by atoms with Crippen LogP contribution in [0.3, 0.4) is 0 Å². The van der Waals surface area contributed by atoms with Crippen molar-refractivity contribution >= 4 is 11.9 Å². The summed E-state index contributed by atoms with van der Waals surface area (Å²) in [5.41, 5.74) is 3.76. The molecule has 0 heterocycles. The van der Waals surface area contributed by atoms with E-state index in [9.17, 15) is 9.59 Å². The molecular weight excluding hydrogens is 280 g/mol. The molecule has 2 aromatic carbocycles. The smallest absolute Gasteiger partial charge is 0.302 e. The van der Waals surface area contributed by atoms with Crippen LogP contribution in [0.2, 0.25) is 0 Å². The van der Waals surface area contributed by atoms with Crippen molar-refractivity contribution < 1.29 is 19.1 Å². The Kier molecular flexibility index (Phi) is 5.31. The number of rotatable bonds is 5. The third-order valence-electron chi connectivity index (χ3n) is 3.04. The molecule has 0 amide bonds. The molecule has 0 N–H and O–H groups in total. The van der Waals surface area contributed by atoms with E-state index in [0.29, 0.717) is 0 Å². The molecule has 22 heavy (non-hydrogen) atoms. The van der Waals surface area contributed by atoms with Gasteiger partial charge in [0, 0.05) is 13.8 Å². The van der Waals surface area contributed by atoms with Crippen LogP contribution in [0, 0.1) is 0 Å². The standard InChI is InChI=1S/C18H18O4/c1-13(19)21-11-15-8-16(12-22-14(2)20)10-18(9-15)17-6-4-3-5-7-17/h3-10H,11-12H2,1-2H3. The summed E-state index contributed by atoms with van der Waals surface area (Å²) >= 11 is 0. The molecule has 0 spiro atoms. The predicted molar refractivity (Wildman–Crippen MR) is 82.8 cm³/mol. The second-order valence-electron chi connectivity index (χ2n) is 4.96. The van der Waals surface area contributed by atoms with Crippen LogP contribution >= 0.6 is 0 Å². The molecule has 0 saturated carbocycles. The molecule has 0 unspecified atom stereocenters. The van der Waals surface area contributed by atoms with Gasteiger partial charge in [-0.2, -0.15) is 0 Å². The number of hydrogen-bond acceptors (Lipinski definition) is 4. The molecule has 0 saturated heterocycles. The summed E-state index contributed by atoms with van der Waals surface area (Å²) in [4.78, 5) is 22.0. The first-order valence-corrected chi connectivity index (χ1v) is 6.99. The molecule has 0 aliphatic rings. The zero-order valence-corrected chi connectivity index (χ0v) is 12.7. The van der Waals surface area contributed by atoms with Crippen molar-refractivity contribution in [2.24, 2.45) is 0 Å². The Morgan fingerprint density at radius 2 is 1.27 bits per heavy atom. The lowest BCUT2D eigenvalue weighted by Crippen LogP contribution is -2.02. The van der Waals surface area contributed by atoms with E-state index >= 15 is 0 Å². The third kappa shape index (κ3) is 4.74. The summed E-state index contributed by atoms with van der Waals surface area (Å²) in [7, 11) is 0. The maximum Gasteiger partial charge on any atom is 0.302 e. The number of ether oxygens (including phenoxy) is 2.